The Morgan fingerprint density at radius 1 is 0.700 bits per heavy atom. The second-order valence-electron chi connectivity index (χ2n) is 10.5. The van der Waals surface area contributed by atoms with Gasteiger partial charge in [0.25, 0.3) is 0 Å². The molecule has 5 nitrogen and oxygen atoms in total. The third-order valence-corrected chi connectivity index (χ3v) is 7.23. The van der Waals surface area contributed by atoms with Crippen LogP contribution in [0.1, 0.15) is 94.5 Å². The fourth-order valence-electron chi connectivity index (χ4n) is 4.21. The highest BCUT2D eigenvalue weighted by molar-refractivity contribution is 5.91. The van der Waals surface area contributed by atoms with Crippen LogP contribution in [0.5, 0.6) is 11.5 Å². The van der Waals surface area contributed by atoms with Gasteiger partial charge in [-0.3, -0.25) is 4.79 Å². The first kappa shape index (κ1) is 30.9. The van der Waals surface area contributed by atoms with Gasteiger partial charge in [-0.15, -0.1) is 0 Å². The number of esters is 2. The Balaban J connectivity index is 1.48. The molecule has 40 heavy (non-hydrogen) atoms. The molecule has 0 aromatic heterocycles. The summed E-state index contributed by atoms with van der Waals surface area (Å²) >= 11 is 0. The Morgan fingerprint density at radius 2 is 1.27 bits per heavy atom. The predicted octanol–water partition coefficient (Wildman–Crippen LogP) is 9.00. The largest absolute Gasteiger partial charge is 0.494 e. The zero-order chi connectivity index (χ0) is 28.7. The molecule has 0 fully saturated rings. The SMILES string of the molecule is CCCCCCCCOc1ccc(-c2ccc(C(=O)Oc3ccc([C@H](C)C(=O)OCC(C)CC)cc3)cc2)cc1. The van der Waals surface area contributed by atoms with Crippen LogP contribution < -0.4 is 9.47 Å². The van der Waals surface area contributed by atoms with Crippen molar-refractivity contribution in [3.8, 4) is 22.6 Å². The first-order valence-corrected chi connectivity index (χ1v) is 14.7. The fourth-order valence-corrected chi connectivity index (χ4v) is 4.21. The number of carbonyl (C=O) groups is 2. The summed E-state index contributed by atoms with van der Waals surface area (Å²) < 4.78 is 16.8. The van der Waals surface area contributed by atoms with Crippen molar-refractivity contribution in [2.24, 2.45) is 5.92 Å². The van der Waals surface area contributed by atoms with Crippen molar-refractivity contribution in [2.45, 2.75) is 78.6 Å². The summed E-state index contributed by atoms with van der Waals surface area (Å²) in [5, 5.41) is 0. The van der Waals surface area contributed by atoms with E-state index in [-0.39, 0.29) is 11.9 Å². The molecule has 0 radical (unpaired) electrons. The Hall–Kier alpha value is -3.60. The zero-order valence-corrected chi connectivity index (χ0v) is 24.5. The minimum absolute atomic E-state index is 0.250. The van der Waals surface area contributed by atoms with E-state index in [0.717, 1.165) is 41.9 Å². The molecule has 214 valence electrons. The van der Waals surface area contributed by atoms with Crippen LogP contribution in [0.25, 0.3) is 11.1 Å². The van der Waals surface area contributed by atoms with Crippen LogP contribution in [-0.4, -0.2) is 25.2 Å². The Bertz CT molecular complexity index is 1170. The first-order valence-electron chi connectivity index (χ1n) is 14.7. The summed E-state index contributed by atoms with van der Waals surface area (Å²) in [5.74, 6) is 0.573. The van der Waals surface area contributed by atoms with Gasteiger partial charge in [0, 0.05) is 0 Å². The summed E-state index contributed by atoms with van der Waals surface area (Å²) in [5.41, 5.74) is 3.35. The minimum atomic E-state index is -0.432. The number of unbranched alkanes of at least 4 members (excludes halogenated alkanes) is 5. The number of ether oxygens (including phenoxy) is 3. The number of rotatable bonds is 16. The van der Waals surface area contributed by atoms with Gasteiger partial charge in [0.1, 0.15) is 11.5 Å². The van der Waals surface area contributed by atoms with Crippen molar-refractivity contribution in [2.75, 3.05) is 13.2 Å². The molecule has 3 aromatic rings. The van der Waals surface area contributed by atoms with E-state index < -0.39 is 5.97 Å². The molecule has 0 aliphatic carbocycles. The number of benzene rings is 3. The Labute approximate surface area is 239 Å². The monoisotopic (exact) mass is 544 g/mol. The predicted molar refractivity (Wildman–Crippen MR) is 161 cm³/mol. The van der Waals surface area contributed by atoms with Crippen LogP contribution in [0.3, 0.4) is 0 Å². The lowest BCUT2D eigenvalue weighted by molar-refractivity contribution is -0.146. The molecule has 0 saturated carbocycles. The molecular weight excluding hydrogens is 500 g/mol. The van der Waals surface area contributed by atoms with Crippen LogP contribution in [-0.2, 0) is 9.53 Å². The van der Waals surface area contributed by atoms with Gasteiger partial charge in [-0.25, -0.2) is 4.79 Å². The highest BCUT2D eigenvalue weighted by Crippen LogP contribution is 2.25. The van der Waals surface area contributed by atoms with Crippen molar-refractivity contribution in [1.29, 1.82) is 0 Å². The molecule has 0 heterocycles. The molecule has 1 unspecified atom stereocenters. The van der Waals surface area contributed by atoms with Gasteiger partial charge >= 0.3 is 11.9 Å². The highest BCUT2D eigenvalue weighted by Gasteiger charge is 2.18. The second-order valence-corrected chi connectivity index (χ2v) is 10.5. The number of hydrogen-bond donors (Lipinski definition) is 0. The van der Waals surface area contributed by atoms with Crippen LogP contribution in [0.2, 0.25) is 0 Å². The molecule has 0 saturated heterocycles. The van der Waals surface area contributed by atoms with Gasteiger partial charge in [0.05, 0.1) is 24.7 Å². The van der Waals surface area contributed by atoms with Crippen molar-refractivity contribution in [3.63, 3.8) is 0 Å². The maximum Gasteiger partial charge on any atom is 0.343 e. The van der Waals surface area contributed by atoms with Crippen LogP contribution in [0.4, 0.5) is 0 Å². The van der Waals surface area contributed by atoms with E-state index in [9.17, 15) is 9.59 Å². The van der Waals surface area contributed by atoms with Crippen molar-refractivity contribution >= 4 is 11.9 Å². The minimum Gasteiger partial charge on any atom is -0.494 e. The van der Waals surface area contributed by atoms with E-state index in [0.29, 0.717) is 23.8 Å². The second kappa shape index (κ2) is 16.5. The lowest BCUT2D eigenvalue weighted by atomic mass is 10.0. The molecular formula is C35H44O5. The quantitative estimate of drug-likeness (QED) is 0.102. The van der Waals surface area contributed by atoms with Crippen LogP contribution in [0, 0.1) is 5.92 Å². The van der Waals surface area contributed by atoms with Crippen molar-refractivity contribution in [1.82, 2.24) is 0 Å². The van der Waals surface area contributed by atoms with Gasteiger partial charge in [-0.1, -0.05) is 95.7 Å². The lowest BCUT2D eigenvalue weighted by Crippen LogP contribution is -2.17. The van der Waals surface area contributed by atoms with Crippen molar-refractivity contribution in [3.05, 3.63) is 83.9 Å². The summed E-state index contributed by atoms with van der Waals surface area (Å²) in [6, 6.07) is 22.4. The molecule has 5 heteroatoms. The maximum absolute atomic E-state index is 12.7. The van der Waals surface area contributed by atoms with Gasteiger partial charge in [-0.2, -0.15) is 0 Å². The number of carbonyl (C=O) groups excluding carboxylic acids is 2. The third-order valence-electron chi connectivity index (χ3n) is 7.23. The van der Waals surface area contributed by atoms with E-state index >= 15 is 0 Å². The summed E-state index contributed by atoms with van der Waals surface area (Å²) in [7, 11) is 0. The smallest absolute Gasteiger partial charge is 0.343 e. The fraction of sp³-hybridized carbons (Fsp3) is 0.429. The van der Waals surface area contributed by atoms with E-state index in [4.69, 9.17) is 14.2 Å². The lowest BCUT2D eigenvalue weighted by Gasteiger charge is -2.14. The van der Waals surface area contributed by atoms with E-state index in [1.54, 1.807) is 36.4 Å². The van der Waals surface area contributed by atoms with E-state index in [1.165, 1.54) is 32.1 Å². The van der Waals surface area contributed by atoms with Gasteiger partial charge < -0.3 is 14.2 Å². The van der Waals surface area contributed by atoms with Crippen LogP contribution in [0.15, 0.2) is 72.8 Å². The number of hydrogen-bond acceptors (Lipinski definition) is 5. The molecule has 0 aliphatic rings. The Morgan fingerprint density at radius 3 is 1.90 bits per heavy atom. The summed E-state index contributed by atoms with van der Waals surface area (Å²) in [6.45, 7) is 9.35. The molecule has 0 bridgehead atoms. The molecule has 0 N–H and O–H groups in total. The van der Waals surface area contributed by atoms with Crippen molar-refractivity contribution < 1.29 is 23.8 Å². The van der Waals surface area contributed by atoms with Gasteiger partial charge in [-0.05, 0) is 72.4 Å². The molecule has 0 amide bonds. The average Bonchev–Trinajstić information content (AvgIpc) is 2.99. The molecule has 2 atom stereocenters. The molecule has 0 spiro atoms. The summed E-state index contributed by atoms with van der Waals surface area (Å²) in [4.78, 5) is 25.0. The molecule has 0 aliphatic heterocycles. The Kier molecular flexibility index (Phi) is 12.8. The zero-order valence-electron chi connectivity index (χ0n) is 24.5. The van der Waals surface area contributed by atoms with Gasteiger partial charge in [0.2, 0.25) is 0 Å². The third kappa shape index (κ3) is 9.86. The average molecular weight is 545 g/mol. The topological polar surface area (TPSA) is 61.8 Å². The molecule has 3 rings (SSSR count). The van der Waals surface area contributed by atoms with E-state index in [2.05, 4.69) is 20.8 Å². The first-order chi connectivity index (χ1) is 19.4. The maximum atomic E-state index is 12.7. The van der Waals surface area contributed by atoms with Crippen LogP contribution >= 0.6 is 0 Å². The van der Waals surface area contributed by atoms with E-state index in [1.807, 2.05) is 43.3 Å². The standard InChI is InChI=1S/C35H44O5/c1-5-7-8-9-10-11-24-38-32-20-18-30(19-21-32)29-12-14-31(15-13-29)35(37)40-33-22-16-28(17-23-33)27(4)34(36)39-25-26(3)6-2/h12-23,26-27H,5-11,24-25H2,1-4H3/t26?,27-/m0/s1. The molecule has 3 aromatic carbocycles. The van der Waals surface area contributed by atoms with Gasteiger partial charge in [0.15, 0.2) is 0 Å². The summed E-state index contributed by atoms with van der Waals surface area (Å²) in [6.07, 6.45) is 8.44. The normalized spacial score (nSPS) is 12.4. The highest BCUT2D eigenvalue weighted by atomic mass is 16.5.